The largest absolute Gasteiger partial charge is 0.463 e. The molecule has 0 aliphatic carbocycles. The molecule has 7 nitrogen and oxygen atoms in total. The first-order valence-electron chi connectivity index (χ1n) is 8.21. The van der Waals surface area contributed by atoms with Gasteiger partial charge in [-0.2, -0.15) is 0 Å². The van der Waals surface area contributed by atoms with Crippen LogP contribution in [0.2, 0.25) is 0 Å². The highest BCUT2D eigenvalue weighted by atomic mass is 16.6. The van der Waals surface area contributed by atoms with E-state index in [1.165, 1.54) is 0 Å². The first kappa shape index (κ1) is 22.6. The summed E-state index contributed by atoms with van der Waals surface area (Å²) < 4.78 is 25.7. The fourth-order valence-electron chi connectivity index (χ4n) is 1.37. The van der Waals surface area contributed by atoms with Gasteiger partial charge >= 0.3 is 11.9 Å². The van der Waals surface area contributed by atoms with Crippen molar-refractivity contribution in [2.24, 2.45) is 5.92 Å². The molecule has 0 aromatic rings. The highest BCUT2D eigenvalue weighted by molar-refractivity contribution is 5.86. The normalized spacial score (nSPS) is 11.8. The van der Waals surface area contributed by atoms with Crippen molar-refractivity contribution < 1.29 is 33.3 Å². The summed E-state index contributed by atoms with van der Waals surface area (Å²) in [5.74, 6) is -0.678. The molecule has 1 unspecified atom stereocenters. The standard InChI is InChI=1S/C17H30O7/c1-5-15(4)17(19)24-13-11-22-9-7-20-6-8-21-10-12-23-16(18)14(2)3/h15H,2,5-13H2,1,3-4H3. The van der Waals surface area contributed by atoms with Gasteiger partial charge in [-0.3, -0.25) is 4.79 Å². The van der Waals surface area contributed by atoms with Crippen LogP contribution < -0.4 is 0 Å². The van der Waals surface area contributed by atoms with Gasteiger partial charge in [-0.15, -0.1) is 0 Å². The Morgan fingerprint density at radius 2 is 1.25 bits per heavy atom. The predicted molar refractivity (Wildman–Crippen MR) is 88.6 cm³/mol. The Morgan fingerprint density at radius 1 is 0.833 bits per heavy atom. The van der Waals surface area contributed by atoms with E-state index in [1.807, 2.05) is 13.8 Å². The maximum Gasteiger partial charge on any atom is 0.333 e. The molecule has 0 aromatic carbocycles. The highest BCUT2D eigenvalue weighted by Gasteiger charge is 2.11. The zero-order chi connectivity index (χ0) is 18.2. The highest BCUT2D eigenvalue weighted by Crippen LogP contribution is 2.02. The molecule has 0 rings (SSSR count). The molecule has 24 heavy (non-hydrogen) atoms. The van der Waals surface area contributed by atoms with E-state index in [1.54, 1.807) is 6.92 Å². The van der Waals surface area contributed by atoms with Gasteiger partial charge in [-0.05, 0) is 13.3 Å². The Balaban J connectivity index is 3.22. The second kappa shape index (κ2) is 15.1. The van der Waals surface area contributed by atoms with E-state index in [4.69, 9.17) is 23.7 Å². The molecule has 1 atom stereocenters. The SMILES string of the molecule is C=C(C)C(=O)OCCOCCOCCOCCOC(=O)C(C)CC. The van der Waals surface area contributed by atoms with Crippen molar-refractivity contribution in [3.05, 3.63) is 12.2 Å². The van der Waals surface area contributed by atoms with E-state index in [0.29, 0.717) is 45.2 Å². The summed E-state index contributed by atoms with van der Waals surface area (Å²) in [6, 6.07) is 0. The molecule has 0 saturated carbocycles. The third-order valence-electron chi connectivity index (χ3n) is 3.04. The number of hydrogen-bond donors (Lipinski definition) is 0. The molecule has 0 saturated heterocycles. The number of esters is 2. The van der Waals surface area contributed by atoms with Gasteiger partial charge in [0.05, 0.1) is 45.6 Å². The number of rotatable bonds is 15. The molecule has 7 heteroatoms. The van der Waals surface area contributed by atoms with Crippen molar-refractivity contribution in [1.29, 1.82) is 0 Å². The van der Waals surface area contributed by atoms with Crippen molar-refractivity contribution in [3.63, 3.8) is 0 Å². The summed E-state index contributed by atoms with van der Waals surface area (Å²) >= 11 is 0. The van der Waals surface area contributed by atoms with Gasteiger partial charge < -0.3 is 23.7 Å². The van der Waals surface area contributed by atoms with Crippen molar-refractivity contribution in [2.75, 3.05) is 52.9 Å². The topological polar surface area (TPSA) is 80.3 Å². The summed E-state index contributed by atoms with van der Waals surface area (Å²) in [5, 5.41) is 0. The molecule has 0 amide bonds. The summed E-state index contributed by atoms with van der Waals surface area (Å²) in [5.41, 5.74) is 0.368. The van der Waals surface area contributed by atoms with Crippen LogP contribution in [0.15, 0.2) is 12.2 Å². The maximum atomic E-state index is 11.4. The average Bonchev–Trinajstić information content (AvgIpc) is 2.57. The Hall–Kier alpha value is -1.44. The molecular formula is C17H30O7. The van der Waals surface area contributed by atoms with E-state index in [-0.39, 0.29) is 25.1 Å². The molecule has 0 fully saturated rings. The Morgan fingerprint density at radius 3 is 1.67 bits per heavy atom. The second-order valence-corrected chi connectivity index (χ2v) is 5.23. The number of hydrogen-bond acceptors (Lipinski definition) is 7. The van der Waals surface area contributed by atoms with Crippen LogP contribution in [0.3, 0.4) is 0 Å². The van der Waals surface area contributed by atoms with Crippen LogP contribution in [0.1, 0.15) is 27.2 Å². The third-order valence-corrected chi connectivity index (χ3v) is 3.04. The van der Waals surface area contributed by atoms with Gasteiger partial charge in [0.25, 0.3) is 0 Å². The Kier molecular flexibility index (Phi) is 14.2. The van der Waals surface area contributed by atoms with Gasteiger partial charge in [-0.25, -0.2) is 4.79 Å². The lowest BCUT2D eigenvalue weighted by Crippen LogP contribution is -2.18. The molecule has 140 valence electrons. The lowest BCUT2D eigenvalue weighted by Gasteiger charge is -2.10. The van der Waals surface area contributed by atoms with Crippen LogP contribution >= 0.6 is 0 Å². The van der Waals surface area contributed by atoms with E-state index >= 15 is 0 Å². The quantitative estimate of drug-likeness (QED) is 0.254. The Bertz CT molecular complexity index is 368. The van der Waals surface area contributed by atoms with Crippen LogP contribution in [0.25, 0.3) is 0 Å². The monoisotopic (exact) mass is 346 g/mol. The lowest BCUT2D eigenvalue weighted by molar-refractivity contribution is -0.149. The van der Waals surface area contributed by atoms with E-state index < -0.39 is 5.97 Å². The first-order valence-corrected chi connectivity index (χ1v) is 8.21. The van der Waals surface area contributed by atoms with Crippen molar-refractivity contribution in [3.8, 4) is 0 Å². The zero-order valence-electron chi connectivity index (χ0n) is 15.0. The fourth-order valence-corrected chi connectivity index (χ4v) is 1.37. The molecular weight excluding hydrogens is 316 g/mol. The minimum absolute atomic E-state index is 0.0716. The Labute approximate surface area is 144 Å². The first-order chi connectivity index (χ1) is 11.5. The van der Waals surface area contributed by atoms with Crippen molar-refractivity contribution in [1.82, 2.24) is 0 Å². The molecule has 0 heterocycles. The van der Waals surface area contributed by atoms with Crippen LogP contribution in [-0.2, 0) is 33.3 Å². The number of carbonyl (C=O) groups is 2. The summed E-state index contributed by atoms with van der Waals surface area (Å²) in [6.45, 7) is 11.7. The van der Waals surface area contributed by atoms with Crippen LogP contribution in [0.5, 0.6) is 0 Å². The van der Waals surface area contributed by atoms with Crippen LogP contribution in [-0.4, -0.2) is 64.8 Å². The molecule has 0 aromatic heterocycles. The average molecular weight is 346 g/mol. The van der Waals surface area contributed by atoms with Crippen LogP contribution in [0, 0.1) is 5.92 Å². The molecule has 0 spiro atoms. The molecule has 0 bridgehead atoms. The van der Waals surface area contributed by atoms with Gasteiger partial charge in [0.1, 0.15) is 13.2 Å². The predicted octanol–water partition coefficient (Wildman–Crippen LogP) is 1.74. The second-order valence-electron chi connectivity index (χ2n) is 5.23. The van der Waals surface area contributed by atoms with Gasteiger partial charge in [0.15, 0.2) is 0 Å². The minimum Gasteiger partial charge on any atom is -0.463 e. The zero-order valence-corrected chi connectivity index (χ0v) is 15.0. The van der Waals surface area contributed by atoms with E-state index in [0.717, 1.165) is 6.42 Å². The third kappa shape index (κ3) is 13.0. The lowest BCUT2D eigenvalue weighted by atomic mass is 10.1. The molecule has 0 radical (unpaired) electrons. The molecule has 0 N–H and O–H groups in total. The van der Waals surface area contributed by atoms with E-state index in [9.17, 15) is 9.59 Å². The molecule has 0 aliphatic heterocycles. The van der Waals surface area contributed by atoms with Gasteiger partial charge in [0.2, 0.25) is 0 Å². The summed E-state index contributed by atoms with van der Waals surface area (Å²) in [7, 11) is 0. The fraction of sp³-hybridized carbons (Fsp3) is 0.765. The minimum atomic E-state index is -0.415. The maximum absolute atomic E-state index is 11.4. The molecule has 0 aliphatic rings. The number of ether oxygens (including phenoxy) is 5. The van der Waals surface area contributed by atoms with Gasteiger partial charge in [0, 0.05) is 5.57 Å². The summed E-state index contributed by atoms with van der Waals surface area (Å²) in [4.78, 5) is 22.4. The van der Waals surface area contributed by atoms with Crippen LogP contribution in [0.4, 0.5) is 0 Å². The van der Waals surface area contributed by atoms with E-state index in [2.05, 4.69) is 6.58 Å². The smallest absolute Gasteiger partial charge is 0.333 e. The summed E-state index contributed by atoms with van der Waals surface area (Å²) in [6.07, 6.45) is 0.770. The van der Waals surface area contributed by atoms with Crippen molar-refractivity contribution >= 4 is 11.9 Å². The van der Waals surface area contributed by atoms with Crippen molar-refractivity contribution in [2.45, 2.75) is 27.2 Å². The number of carbonyl (C=O) groups excluding carboxylic acids is 2. The van der Waals surface area contributed by atoms with Gasteiger partial charge in [-0.1, -0.05) is 20.4 Å².